The van der Waals surface area contributed by atoms with Crippen molar-refractivity contribution >= 4 is 11.6 Å². The van der Waals surface area contributed by atoms with Crippen molar-refractivity contribution in [2.75, 3.05) is 5.32 Å². The highest BCUT2D eigenvalue weighted by Crippen LogP contribution is 2.31. The van der Waals surface area contributed by atoms with Crippen LogP contribution in [0.25, 0.3) is 22.5 Å². The first-order valence-electron chi connectivity index (χ1n) is 11.1. The highest BCUT2D eigenvalue weighted by atomic mass is 19.4. The number of benzene rings is 2. The fourth-order valence-corrected chi connectivity index (χ4v) is 4.16. The number of nitrogens with one attached hydrogen (secondary N) is 2. The predicted octanol–water partition coefficient (Wildman–Crippen LogP) is 4.56. The third kappa shape index (κ3) is 4.75. The Morgan fingerprint density at radius 1 is 0.971 bits per heavy atom. The van der Waals surface area contributed by atoms with Crippen LogP contribution in [0.1, 0.15) is 40.3 Å². The number of nitrogens with zero attached hydrogens (tertiary/aromatic N) is 5. The molecule has 35 heavy (non-hydrogen) atoms. The van der Waals surface area contributed by atoms with Gasteiger partial charge in [-0.1, -0.05) is 48.5 Å². The number of carbonyl (C=O) groups excluding carboxylic acids is 1. The smallest absolute Gasteiger partial charge is 0.366 e. The molecule has 0 saturated heterocycles. The second kappa shape index (κ2) is 9.24. The molecule has 8 nitrogen and oxygen atoms in total. The summed E-state index contributed by atoms with van der Waals surface area (Å²) in [6.07, 6.45) is -2.13. The zero-order valence-corrected chi connectivity index (χ0v) is 18.4. The Kier molecular flexibility index (Phi) is 5.98. The van der Waals surface area contributed by atoms with E-state index in [2.05, 4.69) is 35.9 Å². The van der Waals surface area contributed by atoms with E-state index in [1.807, 2.05) is 48.5 Å². The Morgan fingerprint density at radius 3 is 2.43 bits per heavy atom. The lowest BCUT2D eigenvalue weighted by atomic mass is 9.96. The second-order valence-electron chi connectivity index (χ2n) is 8.19. The van der Waals surface area contributed by atoms with Gasteiger partial charge in [0.05, 0.1) is 0 Å². The summed E-state index contributed by atoms with van der Waals surface area (Å²) in [4.78, 5) is 19.7. The molecule has 2 aromatic carbocycles. The molecule has 11 heteroatoms. The first-order valence-corrected chi connectivity index (χ1v) is 11.1. The van der Waals surface area contributed by atoms with Gasteiger partial charge >= 0.3 is 12.0 Å². The lowest BCUT2D eigenvalue weighted by Crippen LogP contribution is -2.27. The highest BCUT2D eigenvalue weighted by molar-refractivity contribution is 5.97. The largest absolute Gasteiger partial charge is 0.458 e. The Morgan fingerprint density at radius 2 is 1.71 bits per heavy atom. The van der Waals surface area contributed by atoms with Crippen molar-refractivity contribution in [2.24, 2.45) is 0 Å². The molecule has 0 aliphatic heterocycles. The Balaban J connectivity index is 1.38. The van der Waals surface area contributed by atoms with Crippen LogP contribution < -0.4 is 5.32 Å². The molecule has 1 aliphatic rings. The normalized spacial score (nSPS) is 13.3. The summed E-state index contributed by atoms with van der Waals surface area (Å²) in [6, 6.07) is 15.4. The van der Waals surface area contributed by atoms with Gasteiger partial charge in [-0.3, -0.25) is 4.79 Å². The van der Waals surface area contributed by atoms with Crippen molar-refractivity contribution < 1.29 is 18.0 Å². The average Bonchev–Trinajstić information content (AvgIpc) is 3.41. The van der Waals surface area contributed by atoms with Crippen LogP contribution in [0.4, 0.5) is 19.0 Å². The van der Waals surface area contributed by atoms with Crippen molar-refractivity contribution in [3.05, 3.63) is 71.2 Å². The third-order valence-electron chi connectivity index (χ3n) is 5.88. The summed E-state index contributed by atoms with van der Waals surface area (Å²) in [5.74, 6) is -2.06. The number of rotatable bonds is 6. The van der Waals surface area contributed by atoms with E-state index in [1.165, 1.54) is 0 Å². The lowest BCUT2D eigenvalue weighted by molar-refractivity contribution is -0.0891. The number of ketones is 1. The van der Waals surface area contributed by atoms with Gasteiger partial charge in [-0.2, -0.15) is 18.4 Å². The van der Waals surface area contributed by atoms with Gasteiger partial charge in [0.2, 0.25) is 11.6 Å². The van der Waals surface area contributed by atoms with Crippen LogP contribution in [0, 0.1) is 0 Å². The molecular weight excluding hydrogens is 459 g/mol. The van der Waals surface area contributed by atoms with E-state index in [-0.39, 0.29) is 5.82 Å². The minimum atomic E-state index is -5.02. The topological polar surface area (TPSA) is 109 Å². The van der Waals surface area contributed by atoms with E-state index in [1.54, 1.807) is 0 Å². The standard InChI is InChI=1S/C24H20F3N7O/c25-24(26,27)20(35)23-29-19-8-4-3-7-18(19)21(30-23)28-13-14-9-11-15(12-10-14)16-5-1-2-6-17(16)22-31-33-34-32-22/h1-2,5-6,9-12H,3-4,7-8,13H2,(H,28,29,30)(H,31,32,33,34). The van der Waals surface area contributed by atoms with Crippen molar-refractivity contribution in [1.29, 1.82) is 0 Å². The molecule has 0 bridgehead atoms. The van der Waals surface area contributed by atoms with Crippen LogP contribution in [0.5, 0.6) is 0 Å². The summed E-state index contributed by atoms with van der Waals surface area (Å²) in [6.45, 7) is 0.329. The number of H-pyrrole nitrogens is 1. The summed E-state index contributed by atoms with van der Waals surface area (Å²) < 4.78 is 38.9. The molecule has 5 rings (SSSR count). The van der Waals surface area contributed by atoms with Crippen molar-refractivity contribution in [1.82, 2.24) is 30.6 Å². The number of carbonyl (C=O) groups is 1. The molecule has 2 heterocycles. The van der Waals surface area contributed by atoms with E-state index >= 15 is 0 Å². The van der Waals surface area contributed by atoms with Crippen LogP contribution >= 0.6 is 0 Å². The van der Waals surface area contributed by atoms with Crippen LogP contribution in [-0.2, 0) is 19.4 Å². The zero-order valence-electron chi connectivity index (χ0n) is 18.4. The van der Waals surface area contributed by atoms with Gasteiger partial charge in [-0.05, 0) is 47.6 Å². The molecule has 0 saturated carbocycles. The summed E-state index contributed by atoms with van der Waals surface area (Å²) in [7, 11) is 0. The number of halogens is 3. The number of anilines is 1. The van der Waals surface area contributed by atoms with E-state index in [0.717, 1.165) is 40.7 Å². The number of hydrogen-bond acceptors (Lipinski definition) is 7. The molecule has 0 amide bonds. The minimum absolute atomic E-state index is 0.286. The fourth-order valence-electron chi connectivity index (χ4n) is 4.16. The molecule has 0 radical (unpaired) electrons. The summed E-state index contributed by atoms with van der Waals surface area (Å²) in [5, 5.41) is 17.3. The maximum Gasteiger partial charge on any atom is 0.458 e. The van der Waals surface area contributed by atoms with Gasteiger partial charge in [0.25, 0.3) is 0 Å². The van der Waals surface area contributed by atoms with Gasteiger partial charge in [0, 0.05) is 23.4 Å². The molecule has 0 atom stereocenters. The van der Waals surface area contributed by atoms with Crippen LogP contribution in [0.3, 0.4) is 0 Å². The quantitative estimate of drug-likeness (QED) is 0.390. The lowest BCUT2D eigenvalue weighted by Gasteiger charge is -2.20. The van der Waals surface area contributed by atoms with Gasteiger partial charge in [-0.25, -0.2) is 9.97 Å². The van der Waals surface area contributed by atoms with Crippen molar-refractivity contribution in [2.45, 2.75) is 38.4 Å². The van der Waals surface area contributed by atoms with Crippen LogP contribution in [0.2, 0.25) is 0 Å². The maximum absolute atomic E-state index is 13.0. The predicted molar refractivity (Wildman–Crippen MR) is 121 cm³/mol. The van der Waals surface area contributed by atoms with Gasteiger partial charge in [0.1, 0.15) is 5.82 Å². The Bertz CT molecular complexity index is 1350. The summed E-state index contributed by atoms with van der Waals surface area (Å²) in [5.41, 5.74) is 4.91. The first-order chi connectivity index (χ1) is 16.9. The SMILES string of the molecule is O=C(c1nc2c(c(NCc3ccc(-c4ccccc4-c4nn[nH]n4)cc3)n1)CCCC2)C(F)(F)F. The Labute approximate surface area is 198 Å². The fraction of sp³-hybridized carbons (Fsp3) is 0.250. The number of tetrazole rings is 1. The number of Topliss-reactive ketones (excluding diaryl/α,β-unsaturated/α-hetero) is 1. The van der Waals surface area contributed by atoms with Crippen LogP contribution in [-0.4, -0.2) is 42.6 Å². The van der Waals surface area contributed by atoms with Gasteiger partial charge in [-0.15, -0.1) is 10.2 Å². The number of aromatic amines is 1. The average molecular weight is 479 g/mol. The maximum atomic E-state index is 13.0. The molecule has 178 valence electrons. The van der Waals surface area contributed by atoms with Gasteiger partial charge in [0.15, 0.2) is 0 Å². The number of alkyl halides is 3. The minimum Gasteiger partial charge on any atom is -0.366 e. The second-order valence-corrected chi connectivity index (χ2v) is 8.19. The molecule has 2 aromatic heterocycles. The van der Waals surface area contributed by atoms with E-state index < -0.39 is 17.8 Å². The molecule has 2 N–H and O–H groups in total. The third-order valence-corrected chi connectivity index (χ3v) is 5.88. The zero-order chi connectivity index (χ0) is 24.4. The van der Waals surface area contributed by atoms with Crippen molar-refractivity contribution in [3.63, 3.8) is 0 Å². The molecule has 0 unspecified atom stereocenters. The molecule has 4 aromatic rings. The van der Waals surface area contributed by atoms with E-state index in [9.17, 15) is 18.0 Å². The van der Waals surface area contributed by atoms with E-state index in [4.69, 9.17) is 0 Å². The Hall–Kier alpha value is -4.15. The molecular formula is C24H20F3N7O. The number of hydrogen-bond donors (Lipinski definition) is 2. The molecule has 1 aliphatic carbocycles. The molecule has 0 spiro atoms. The number of aryl methyl sites for hydroxylation is 1. The molecule has 0 fully saturated rings. The number of aromatic nitrogens is 6. The van der Waals surface area contributed by atoms with Gasteiger partial charge < -0.3 is 5.32 Å². The highest BCUT2D eigenvalue weighted by Gasteiger charge is 2.42. The van der Waals surface area contributed by atoms with Crippen molar-refractivity contribution in [3.8, 4) is 22.5 Å². The first kappa shape index (κ1) is 22.6. The monoisotopic (exact) mass is 479 g/mol. The summed E-state index contributed by atoms with van der Waals surface area (Å²) >= 11 is 0. The number of fused-ring (bicyclic) bond motifs is 1. The van der Waals surface area contributed by atoms with E-state index in [0.29, 0.717) is 30.9 Å². The van der Waals surface area contributed by atoms with Crippen LogP contribution in [0.15, 0.2) is 48.5 Å².